The third-order valence-corrected chi connectivity index (χ3v) is 1.77. The number of aliphatic imine (C=N–C) groups is 1. The largest absolute Gasteiger partial charge is 0.464 e. The first-order chi connectivity index (χ1) is 7.20. The predicted octanol–water partition coefficient (Wildman–Crippen LogP) is 2.09. The molecule has 0 amide bonds. The lowest BCUT2D eigenvalue weighted by atomic mass is 10.3. The summed E-state index contributed by atoms with van der Waals surface area (Å²) in [4.78, 5) is 15.4. The average Bonchev–Trinajstić information content (AvgIpc) is 2.18. The van der Waals surface area contributed by atoms with Crippen molar-refractivity contribution in [1.29, 1.82) is 5.26 Å². The lowest BCUT2D eigenvalue weighted by Crippen LogP contribution is -2.10. The Kier molecular flexibility index (Phi) is 8.36. The summed E-state index contributed by atoms with van der Waals surface area (Å²) in [7, 11) is 0. The van der Waals surface area contributed by atoms with Gasteiger partial charge in [-0.25, -0.2) is 0 Å². The van der Waals surface area contributed by atoms with Crippen LogP contribution in [-0.2, 0) is 9.53 Å². The van der Waals surface area contributed by atoms with E-state index in [9.17, 15) is 4.79 Å². The van der Waals surface area contributed by atoms with Crippen LogP contribution in [0.15, 0.2) is 4.99 Å². The lowest BCUT2D eigenvalue weighted by molar-refractivity contribution is -0.141. The van der Waals surface area contributed by atoms with Crippen LogP contribution >= 0.6 is 0 Å². The van der Waals surface area contributed by atoms with E-state index in [4.69, 9.17) is 10.00 Å². The van der Waals surface area contributed by atoms with Crippen molar-refractivity contribution in [1.82, 2.24) is 0 Å². The maximum atomic E-state index is 11.1. The molecule has 0 aromatic rings. The van der Waals surface area contributed by atoms with E-state index in [0.717, 1.165) is 25.1 Å². The SMILES string of the molecule is CCCCN=C(C)CC(=O)OCCC#N. The first-order valence-corrected chi connectivity index (χ1v) is 5.23. The first kappa shape index (κ1) is 13.6. The molecule has 0 unspecified atom stereocenters. The van der Waals surface area contributed by atoms with Crippen molar-refractivity contribution in [2.75, 3.05) is 13.2 Å². The van der Waals surface area contributed by atoms with Crippen molar-refractivity contribution in [3.63, 3.8) is 0 Å². The fraction of sp³-hybridized carbons (Fsp3) is 0.727. The van der Waals surface area contributed by atoms with Gasteiger partial charge in [0.2, 0.25) is 0 Å². The molecular weight excluding hydrogens is 192 g/mol. The fourth-order valence-electron chi connectivity index (χ4n) is 0.954. The van der Waals surface area contributed by atoms with Gasteiger partial charge in [-0.3, -0.25) is 9.79 Å². The molecule has 0 saturated carbocycles. The molecule has 0 saturated heterocycles. The molecule has 0 aromatic heterocycles. The van der Waals surface area contributed by atoms with Crippen LogP contribution < -0.4 is 0 Å². The van der Waals surface area contributed by atoms with Crippen molar-refractivity contribution in [2.45, 2.75) is 39.5 Å². The summed E-state index contributed by atoms with van der Waals surface area (Å²) >= 11 is 0. The summed E-state index contributed by atoms with van der Waals surface area (Å²) in [5.74, 6) is -0.303. The summed E-state index contributed by atoms with van der Waals surface area (Å²) < 4.78 is 4.82. The topological polar surface area (TPSA) is 62.4 Å². The molecule has 0 rings (SSSR count). The molecule has 0 aromatic carbocycles. The molecule has 0 fully saturated rings. The Balaban J connectivity index is 3.66. The molecule has 0 spiro atoms. The highest BCUT2D eigenvalue weighted by atomic mass is 16.5. The number of ether oxygens (including phenoxy) is 1. The molecular formula is C11H18N2O2. The Labute approximate surface area is 91.0 Å². The van der Waals surface area contributed by atoms with E-state index in [1.54, 1.807) is 0 Å². The van der Waals surface area contributed by atoms with Crippen molar-refractivity contribution < 1.29 is 9.53 Å². The summed E-state index contributed by atoms with van der Waals surface area (Å²) in [6, 6.07) is 1.91. The number of rotatable bonds is 7. The molecule has 15 heavy (non-hydrogen) atoms. The normalized spacial score (nSPS) is 10.9. The third kappa shape index (κ3) is 8.95. The molecule has 0 radical (unpaired) electrons. The van der Waals surface area contributed by atoms with Gasteiger partial charge in [0.15, 0.2) is 0 Å². The second kappa shape index (κ2) is 9.20. The van der Waals surface area contributed by atoms with E-state index in [-0.39, 0.29) is 25.4 Å². The fourth-order valence-corrected chi connectivity index (χ4v) is 0.954. The Bertz CT molecular complexity index is 254. The number of nitriles is 1. The van der Waals surface area contributed by atoms with Crippen molar-refractivity contribution >= 4 is 11.7 Å². The molecule has 0 bridgehead atoms. The minimum atomic E-state index is -0.303. The van der Waals surface area contributed by atoms with Gasteiger partial charge in [-0.1, -0.05) is 13.3 Å². The standard InChI is InChI=1S/C11H18N2O2/c1-3-4-7-13-10(2)9-11(14)15-8-5-6-12/h3-5,7-9H2,1-2H3. The van der Waals surface area contributed by atoms with E-state index in [1.807, 2.05) is 13.0 Å². The highest BCUT2D eigenvalue weighted by molar-refractivity contribution is 5.97. The molecule has 0 aliphatic heterocycles. The van der Waals surface area contributed by atoms with Crippen LogP contribution in [0.1, 0.15) is 39.5 Å². The van der Waals surface area contributed by atoms with Gasteiger partial charge < -0.3 is 4.74 Å². The summed E-state index contributed by atoms with van der Waals surface area (Å²) in [5, 5.41) is 8.24. The predicted molar refractivity (Wildman–Crippen MR) is 58.7 cm³/mol. The maximum Gasteiger partial charge on any atom is 0.311 e. The second-order valence-electron chi connectivity index (χ2n) is 3.28. The van der Waals surface area contributed by atoms with Crippen LogP contribution in [0.4, 0.5) is 0 Å². The smallest absolute Gasteiger partial charge is 0.311 e. The molecule has 0 aliphatic carbocycles. The first-order valence-electron chi connectivity index (χ1n) is 5.23. The second-order valence-corrected chi connectivity index (χ2v) is 3.28. The number of carbonyl (C=O) groups is 1. The monoisotopic (exact) mass is 210 g/mol. The molecule has 0 atom stereocenters. The van der Waals surface area contributed by atoms with E-state index in [0.29, 0.717) is 0 Å². The zero-order valence-electron chi connectivity index (χ0n) is 9.45. The number of carbonyl (C=O) groups excluding carboxylic acids is 1. The number of esters is 1. The zero-order chi connectivity index (χ0) is 11.5. The van der Waals surface area contributed by atoms with E-state index >= 15 is 0 Å². The van der Waals surface area contributed by atoms with Crippen LogP contribution in [0.3, 0.4) is 0 Å². The van der Waals surface area contributed by atoms with Crippen molar-refractivity contribution in [3.8, 4) is 6.07 Å². The number of hydrogen-bond donors (Lipinski definition) is 0. The number of nitrogens with zero attached hydrogens (tertiary/aromatic N) is 2. The third-order valence-electron chi connectivity index (χ3n) is 1.77. The maximum absolute atomic E-state index is 11.1. The number of unbranched alkanes of at least 4 members (excludes halogenated alkanes) is 1. The number of hydrogen-bond acceptors (Lipinski definition) is 4. The Hall–Kier alpha value is -1.37. The van der Waals surface area contributed by atoms with Crippen molar-refractivity contribution in [3.05, 3.63) is 0 Å². The average molecular weight is 210 g/mol. The van der Waals surface area contributed by atoms with Gasteiger partial charge in [0.05, 0.1) is 18.9 Å². The lowest BCUT2D eigenvalue weighted by Gasteiger charge is -2.02. The molecule has 4 heteroatoms. The van der Waals surface area contributed by atoms with E-state index in [1.165, 1.54) is 0 Å². The molecule has 0 aliphatic rings. The summed E-state index contributed by atoms with van der Waals surface area (Å²) in [5.41, 5.74) is 0.797. The molecule has 4 nitrogen and oxygen atoms in total. The highest BCUT2D eigenvalue weighted by Crippen LogP contribution is 1.94. The molecule has 84 valence electrons. The van der Waals surface area contributed by atoms with Crippen LogP contribution in [0.2, 0.25) is 0 Å². The van der Waals surface area contributed by atoms with E-state index in [2.05, 4.69) is 11.9 Å². The van der Waals surface area contributed by atoms with Crippen LogP contribution in [0, 0.1) is 11.3 Å². The Morgan fingerprint density at radius 2 is 2.27 bits per heavy atom. The van der Waals surface area contributed by atoms with Gasteiger partial charge in [0, 0.05) is 12.3 Å². The van der Waals surface area contributed by atoms with Gasteiger partial charge >= 0.3 is 5.97 Å². The van der Waals surface area contributed by atoms with Gasteiger partial charge in [-0.2, -0.15) is 5.26 Å². The molecule has 0 N–H and O–H groups in total. The highest BCUT2D eigenvalue weighted by Gasteiger charge is 2.04. The van der Waals surface area contributed by atoms with Crippen LogP contribution in [0.25, 0.3) is 0 Å². The summed E-state index contributed by atoms with van der Waals surface area (Å²) in [6.45, 7) is 4.87. The quantitative estimate of drug-likeness (QED) is 0.367. The summed E-state index contributed by atoms with van der Waals surface area (Å²) in [6.07, 6.45) is 2.62. The Morgan fingerprint density at radius 3 is 2.87 bits per heavy atom. The van der Waals surface area contributed by atoms with Gasteiger partial charge in [0.25, 0.3) is 0 Å². The van der Waals surface area contributed by atoms with E-state index < -0.39 is 0 Å². The van der Waals surface area contributed by atoms with Gasteiger partial charge in [-0.15, -0.1) is 0 Å². The van der Waals surface area contributed by atoms with Gasteiger partial charge in [-0.05, 0) is 13.3 Å². The molecule has 0 heterocycles. The van der Waals surface area contributed by atoms with Crippen molar-refractivity contribution in [2.24, 2.45) is 4.99 Å². The minimum absolute atomic E-state index is 0.178. The minimum Gasteiger partial charge on any atom is -0.464 e. The van der Waals surface area contributed by atoms with Gasteiger partial charge in [0.1, 0.15) is 6.61 Å². The van der Waals surface area contributed by atoms with Crippen LogP contribution in [0.5, 0.6) is 0 Å². The Morgan fingerprint density at radius 1 is 1.53 bits per heavy atom. The van der Waals surface area contributed by atoms with Crippen LogP contribution in [-0.4, -0.2) is 24.8 Å². The zero-order valence-corrected chi connectivity index (χ0v) is 9.45.